The van der Waals surface area contributed by atoms with E-state index in [1.165, 1.54) is 0 Å². The number of benzene rings is 1. The summed E-state index contributed by atoms with van der Waals surface area (Å²) in [6.45, 7) is 5.63. The SMILES string of the molecule is CC[C@@H](C)NC(=O)C1CCN(c2nnc(-c3ccccc3)o2)CC1. The Balaban J connectivity index is 1.57. The van der Waals surface area contributed by atoms with E-state index in [1.54, 1.807) is 0 Å². The zero-order chi connectivity index (χ0) is 16.9. The van der Waals surface area contributed by atoms with Gasteiger partial charge in [0.05, 0.1) is 0 Å². The van der Waals surface area contributed by atoms with Gasteiger partial charge in [-0.05, 0) is 38.3 Å². The van der Waals surface area contributed by atoms with E-state index in [-0.39, 0.29) is 17.9 Å². The third-order valence-electron chi connectivity index (χ3n) is 4.57. The average molecular weight is 328 g/mol. The molecule has 1 amide bonds. The van der Waals surface area contributed by atoms with Gasteiger partial charge in [0.2, 0.25) is 11.8 Å². The largest absolute Gasteiger partial charge is 0.403 e. The molecule has 0 radical (unpaired) electrons. The molecule has 2 heterocycles. The van der Waals surface area contributed by atoms with Crippen molar-refractivity contribution >= 4 is 11.9 Å². The van der Waals surface area contributed by atoms with E-state index in [9.17, 15) is 4.79 Å². The van der Waals surface area contributed by atoms with Crippen molar-refractivity contribution in [1.29, 1.82) is 0 Å². The Morgan fingerprint density at radius 2 is 2.00 bits per heavy atom. The molecule has 0 spiro atoms. The van der Waals surface area contributed by atoms with Gasteiger partial charge in [-0.25, -0.2) is 0 Å². The van der Waals surface area contributed by atoms with Crippen LogP contribution in [0.15, 0.2) is 34.7 Å². The lowest BCUT2D eigenvalue weighted by Gasteiger charge is -2.30. The molecule has 6 nitrogen and oxygen atoms in total. The van der Waals surface area contributed by atoms with Crippen molar-refractivity contribution in [2.45, 2.75) is 39.2 Å². The molecular formula is C18H24N4O2. The highest BCUT2D eigenvalue weighted by atomic mass is 16.4. The molecule has 0 bridgehead atoms. The van der Waals surface area contributed by atoms with Gasteiger partial charge in [0.25, 0.3) is 0 Å². The van der Waals surface area contributed by atoms with Gasteiger partial charge in [-0.1, -0.05) is 30.2 Å². The molecule has 2 aromatic rings. The minimum Gasteiger partial charge on any atom is -0.403 e. The molecule has 1 saturated heterocycles. The van der Waals surface area contributed by atoms with Crippen LogP contribution >= 0.6 is 0 Å². The van der Waals surface area contributed by atoms with Crippen molar-refractivity contribution < 1.29 is 9.21 Å². The van der Waals surface area contributed by atoms with Crippen LogP contribution in [0.2, 0.25) is 0 Å². The van der Waals surface area contributed by atoms with Crippen LogP contribution in [0.25, 0.3) is 11.5 Å². The summed E-state index contributed by atoms with van der Waals surface area (Å²) >= 11 is 0. The van der Waals surface area contributed by atoms with Crippen LogP contribution in [0.5, 0.6) is 0 Å². The third-order valence-corrected chi connectivity index (χ3v) is 4.57. The number of anilines is 1. The Labute approximate surface area is 142 Å². The lowest BCUT2D eigenvalue weighted by molar-refractivity contribution is -0.126. The van der Waals surface area contributed by atoms with Gasteiger partial charge in [-0.3, -0.25) is 4.79 Å². The zero-order valence-electron chi connectivity index (χ0n) is 14.2. The summed E-state index contributed by atoms with van der Waals surface area (Å²) in [7, 11) is 0. The van der Waals surface area contributed by atoms with Crippen LogP contribution < -0.4 is 10.2 Å². The Hall–Kier alpha value is -2.37. The molecule has 1 N–H and O–H groups in total. The fourth-order valence-electron chi connectivity index (χ4n) is 2.84. The standard InChI is InChI=1S/C18H24N4O2/c1-3-13(2)19-16(23)14-9-11-22(12-10-14)18-21-20-17(24-18)15-7-5-4-6-8-15/h4-8,13-14H,3,9-12H2,1-2H3,(H,19,23)/t13-/m1/s1. The summed E-state index contributed by atoms with van der Waals surface area (Å²) in [6, 6.07) is 10.5. The average Bonchev–Trinajstić information content (AvgIpc) is 3.12. The van der Waals surface area contributed by atoms with Crippen LogP contribution in [-0.2, 0) is 4.79 Å². The maximum atomic E-state index is 12.2. The monoisotopic (exact) mass is 328 g/mol. The smallest absolute Gasteiger partial charge is 0.318 e. The number of amides is 1. The van der Waals surface area contributed by atoms with Crippen molar-refractivity contribution in [3.05, 3.63) is 30.3 Å². The molecule has 1 fully saturated rings. The Bertz CT molecular complexity index is 663. The highest BCUT2D eigenvalue weighted by molar-refractivity contribution is 5.79. The quantitative estimate of drug-likeness (QED) is 0.914. The summed E-state index contributed by atoms with van der Waals surface area (Å²) in [5.74, 6) is 0.772. The van der Waals surface area contributed by atoms with E-state index in [0.717, 1.165) is 37.9 Å². The highest BCUT2D eigenvalue weighted by Gasteiger charge is 2.27. The maximum Gasteiger partial charge on any atom is 0.318 e. The maximum absolute atomic E-state index is 12.2. The number of rotatable bonds is 5. The van der Waals surface area contributed by atoms with E-state index in [0.29, 0.717) is 11.9 Å². The lowest BCUT2D eigenvalue weighted by atomic mass is 9.96. The number of hydrogen-bond acceptors (Lipinski definition) is 5. The summed E-state index contributed by atoms with van der Waals surface area (Å²) in [5, 5.41) is 11.4. The Kier molecular flexibility index (Phi) is 5.13. The number of aromatic nitrogens is 2. The highest BCUT2D eigenvalue weighted by Crippen LogP contribution is 2.25. The van der Waals surface area contributed by atoms with E-state index in [4.69, 9.17) is 4.42 Å². The van der Waals surface area contributed by atoms with E-state index < -0.39 is 0 Å². The second-order valence-electron chi connectivity index (χ2n) is 6.34. The predicted molar refractivity (Wildman–Crippen MR) is 92.6 cm³/mol. The molecule has 0 saturated carbocycles. The van der Waals surface area contributed by atoms with Gasteiger partial charge in [0.1, 0.15) is 0 Å². The molecule has 1 aromatic carbocycles. The van der Waals surface area contributed by atoms with Gasteiger partial charge >= 0.3 is 6.01 Å². The second-order valence-corrected chi connectivity index (χ2v) is 6.34. The fourth-order valence-corrected chi connectivity index (χ4v) is 2.84. The molecule has 0 aliphatic carbocycles. The lowest BCUT2D eigenvalue weighted by Crippen LogP contribution is -2.43. The van der Waals surface area contributed by atoms with Crippen LogP contribution in [0.3, 0.4) is 0 Å². The number of hydrogen-bond donors (Lipinski definition) is 1. The number of carbonyl (C=O) groups is 1. The molecule has 1 aliphatic heterocycles. The first-order valence-electron chi connectivity index (χ1n) is 8.61. The summed E-state index contributed by atoms with van der Waals surface area (Å²) < 4.78 is 5.79. The van der Waals surface area contributed by atoms with Crippen LogP contribution in [0, 0.1) is 5.92 Å². The molecule has 1 atom stereocenters. The molecular weight excluding hydrogens is 304 g/mol. The van der Waals surface area contributed by atoms with Crippen molar-refractivity contribution in [3.63, 3.8) is 0 Å². The van der Waals surface area contributed by atoms with Crippen molar-refractivity contribution in [2.75, 3.05) is 18.0 Å². The molecule has 0 unspecified atom stereocenters. The van der Waals surface area contributed by atoms with Gasteiger partial charge in [-0.2, -0.15) is 0 Å². The predicted octanol–water partition coefficient (Wildman–Crippen LogP) is 2.87. The van der Waals surface area contributed by atoms with Gasteiger partial charge in [0, 0.05) is 30.6 Å². The fraction of sp³-hybridized carbons (Fsp3) is 0.500. The van der Waals surface area contributed by atoms with E-state index in [1.807, 2.05) is 37.3 Å². The first kappa shape index (κ1) is 16.5. The topological polar surface area (TPSA) is 71.3 Å². The Morgan fingerprint density at radius 3 is 2.67 bits per heavy atom. The minimum atomic E-state index is 0.0757. The van der Waals surface area contributed by atoms with Gasteiger partial charge in [-0.15, -0.1) is 5.10 Å². The Morgan fingerprint density at radius 1 is 1.29 bits per heavy atom. The summed E-state index contributed by atoms with van der Waals surface area (Å²) in [6.07, 6.45) is 2.57. The molecule has 3 rings (SSSR count). The van der Waals surface area contributed by atoms with Crippen LogP contribution in [0.1, 0.15) is 33.1 Å². The summed E-state index contributed by atoms with van der Waals surface area (Å²) in [5.41, 5.74) is 0.916. The minimum absolute atomic E-state index is 0.0757. The normalized spacial score (nSPS) is 16.8. The van der Waals surface area contributed by atoms with Gasteiger partial charge in [0.15, 0.2) is 0 Å². The van der Waals surface area contributed by atoms with Crippen molar-refractivity contribution in [2.24, 2.45) is 5.92 Å². The molecule has 1 aromatic heterocycles. The number of piperidine rings is 1. The molecule has 1 aliphatic rings. The van der Waals surface area contributed by atoms with Crippen molar-refractivity contribution in [3.8, 4) is 11.5 Å². The van der Waals surface area contributed by atoms with E-state index >= 15 is 0 Å². The van der Waals surface area contributed by atoms with Gasteiger partial charge < -0.3 is 14.6 Å². The molecule has 24 heavy (non-hydrogen) atoms. The first-order chi connectivity index (χ1) is 11.7. The van der Waals surface area contributed by atoms with E-state index in [2.05, 4.69) is 27.3 Å². The number of nitrogens with one attached hydrogen (secondary N) is 1. The number of nitrogens with zero attached hydrogens (tertiary/aromatic N) is 3. The second kappa shape index (κ2) is 7.47. The van der Waals surface area contributed by atoms with Crippen molar-refractivity contribution in [1.82, 2.24) is 15.5 Å². The third kappa shape index (κ3) is 3.75. The van der Waals surface area contributed by atoms with Crippen LogP contribution in [-0.4, -0.2) is 35.2 Å². The first-order valence-corrected chi connectivity index (χ1v) is 8.61. The summed E-state index contributed by atoms with van der Waals surface area (Å²) in [4.78, 5) is 14.3. The molecule has 6 heteroatoms. The van der Waals surface area contributed by atoms with Crippen LogP contribution in [0.4, 0.5) is 6.01 Å². The zero-order valence-corrected chi connectivity index (χ0v) is 14.2. The molecule has 128 valence electrons. The number of carbonyl (C=O) groups excluding carboxylic acids is 1.